The number of carbonyl (C=O) groups excluding carboxylic acids is 2. The minimum atomic E-state index is -0.0177. The molecule has 1 saturated heterocycles. The molecule has 1 aliphatic rings. The van der Waals surface area contributed by atoms with Crippen molar-refractivity contribution in [2.45, 2.75) is 19.8 Å². The maximum Gasteiger partial charge on any atom is 0.221 e. The summed E-state index contributed by atoms with van der Waals surface area (Å²) in [5.41, 5.74) is 1.11. The lowest BCUT2D eigenvalue weighted by Gasteiger charge is -2.26. The minimum Gasteiger partial charge on any atom is -0.497 e. The number of amides is 2. The van der Waals surface area contributed by atoms with Gasteiger partial charge in [-0.05, 0) is 24.1 Å². The average Bonchev–Trinajstić information content (AvgIpc) is 2.68. The van der Waals surface area contributed by atoms with Crippen molar-refractivity contribution in [2.75, 3.05) is 59.6 Å². The van der Waals surface area contributed by atoms with E-state index in [1.165, 1.54) is 0 Å². The number of carbonyl (C=O) groups is 2. The SMILES string of the molecule is COc1cccc(CCN(CCC(=O)NCCN2CCOCC2)C(C)=O)c1. The molecule has 0 bridgehead atoms. The average molecular weight is 377 g/mol. The van der Waals surface area contributed by atoms with Crippen molar-refractivity contribution < 1.29 is 19.1 Å². The van der Waals surface area contributed by atoms with Gasteiger partial charge in [0.15, 0.2) is 0 Å². The fourth-order valence-corrected chi connectivity index (χ4v) is 3.02. The van der Waals surface area contributed by atoms with Gasteiger partial charge in [0.1, 0.15) is 5.75 Å². The highest BCUT2D eigenvalue weighted by atomic mass is 16.5. The molecule has 0 aromatic heterocycles. The fourth-order valence-electron chi connectivity index (χ4n) is 3.02. The summed E-state index contributed by atoms with van der Waals surface area (Å²) in [4.78, 5) is 27.9. The maximum atomic E-state index is 12.1. The zero-order valence-corrected chi connectivity index (χ0v) is 16.4. The van der Waals surface area contributed by atoms with Crippen LogP contribution in [-0.2, 0) is 20.7 Å². The molecule has 1 fully saturated rings. The lowest BCUT2D eigenvalue weighted by Crippen LogP contribution is -2.42. The summed E-state index contributed by atoms with van der Waals surface area (Å²) in [5.74, 6) is 0.774. The van der Waals surface area contributed by atoms with E-state index < -0.39 is 0 Å². The van der Waals surface area contributed by atoms with Gasteiger partial charge in [0.05, 0.1) is 20.3 Å². The summed E-state index contributed by atoms with van der Waals surface area (Å²) in [7, 11) is 1.64. The first-order valence-electron chi connectivity index (χ1n) is 9.53. The molecule has 7 nitrogen and oxygen atoms in total. The number of nitrogens with zero attached hydrogens (tertiary/aromatic N) is 2. The lowest BCUT2D eigenvalue weighted by atomic mass is 10.1. The van der Waals surface area contributed by atoms with Crippen LogP contribution in [0.15, 0.2) is 24.3 Å². The standard InChI is InChI=1S/C20H31N3O4/c1-17(24)23(9-6-18-4-3-5-19(16-18)26-2)10-7-20(25)21-8-11-22-12-14-27-15-13-22/h3-5,16H,6-15H2,1-2H3,(H,21,25). The van der Waals surface area contributed by atoms with Crippen LogP contribution in [0, 0.1) is 0 Å². The van der Waals surface area contributed by atoms with Crippen LogP contribution in [-0.4, -0.2) is 81.2 Å². The number of hydrogen-bond acceptors (Lipinski definition) is 5. The van der Waals surface area contributed by atoms with Crippen LogP contribution in [0.25, 0.3) is 0 Å². The van der Waals surface area contributed by atoms with Crippen molar-refractivity contribution in [2.24, 2.45) is 0 Å². The molecule has 27 heavy (non-hydrogen) atoms. The van der Waals surface area contributed by atoms with Crippen molar-refractivity contribution in [1.82, 2.24) is 15.1 Å². The van der Waals surface area contributed by atoms with Crippen LogP contribution in [0.4, 0.5) is 0 Å². The van der Waals surface area contributed by atoms with Crippen LogP contribution in [0.5, 0.6) is 5.75 Å². The van der Waals surface area contributed by atoms with Gasteiger partial charge in [-0.15, -0.1) is 0 Å². The number of morpholine rings is 1. The number of benzene rings is 1. The summed E-state index contributed by atoms with van der Waals surface area (Å²) < 4.78 is 10.5. The van der Waals surface area contributed by atoms with Crippen LogP contribution >= 0.6 is 0 Å². The number of rotatable bonds is 10. The van der Waals surface area contributed by atoms with Gasteiger partial charge in [0.25, 0.3) is 0 Å². The van der Waals surface area contributed by atoms with Crippen molar-refractivity contribution in [1.29, 1.82) is 0 Å². The van der Waals surface area contributed by atoms with E-state index in [1.807, 2.05) is 24.3 Å². The molecule has 1 aliphatic heterocycles. The molecule has 0 saturated carbocycles. The van der Waals surface area contributed by atoms with Gasteiger partial charge in [-0.3, -0.25) is 14.5 Å². The van der Waals surface area contributed by atoms with E-state index in [4.69, 9.17) is 9.47 Å². The fraction of sp³-hybridized carbons (Fsp3) is 0.600. The monoisotopic (exact) mass is 377 g/mol. The van der Waals surface area contributed by atoms with E-state index in [0.717, 1.165) is 50.6 Å². The summed E-state index contributed by atoms with van der Waals surface area (Å²) in [5, 5.41) is 2.94. The quantitative estimate of drug-likeness (QED) is 0.657. The Morgan fingerprint density at radius 3 is 2.74 bits per heavy atom. The van der Waals surface area contributed by atoms with Crippen LogP contribution in [0.1, 0.15) is 18.9 Å². The van der Waals surface area contributed by atoms with E-state index in [-0.39, 0.29) is 11.8 Å². The normalized spacial score (nSPS) is 14.6. The van der Waals surface area contributed by atoms with Gasteiger partial charge in [0, 0.05) is 52.6 Å². The topological polar surface area (TPSA) is 71.1 Å². The van der Waals surface area contributed by atoms with E-state index in [1.54, 1.807) is 18.9 Å². The molecule has 2 amide bonds. The summed E-state index contributed by atoms with van der Waals surface area (Å²) >= 11 is 0. The van der Waals surface area contributed by atoms with E-state index in [9.17, 15) is 9.59 Å². The Morgan fingerprint density at radius 1 is 1.26 bits per heavy atom. The molecule has 0 atom stereocenters. The highest BCUT2D eigenvalue weighted by Crippen LogP contribution is 2.13. The predicted molar refractivity (Wildman–Crippen MR) is 104 cm³/mol. The first-order valence-corrected chi connectivity index (χ1v) is 9.53. The number of nitrogens with one attached hydrogen (secondary N) is 1. The van der Waals surface area contributed by atoms with Gasteiger partial charge in [-0.1, -0.05) is 12.1 Å². The van der Waals surface area contributed by atoms with Crippen molar-refractivity contribution >= 4 is 11.8 Å². The van der Waals surface area contributed by atoms with Gasteiger partial charge in [-0.2, -0.15) is 0 Å². The van der Waals surface area contributed by atoms with E-state index in [2.05, 4.69) is 10.2 Å². The van der Waals surface area contributed by atoms with Crippen LogP contribution < -0.4 is 10.1 Å². The van der Waals surface area contributed by atoms with Gasteiger partial charge >= 0.3 is 0 Å². The smallest absolute Gasteiger partial charge is 0.221 e. The first-order chi connectivity index (χ1) is 13.1. The largest absolute Gasteiger partial charge is 0.497 e. The molecule has 2 rings (SSSR count). The molecule has 0 aliphatic carbocycles. The second-order valence-corrected chi connectivity index (χ2v) is 6.66. The predicted octanol–water partition coefficient (Wildman–Crippen LogP) is 0.925. The van der Waals surface area contributed by atoms with Gasteiger partial charge in [0.2, 0.25) is 11.8 Å². The van der Waals surface area contributed by atoms with E-state index in [0.29, 0.717) is 26.1 Å². The molecule has 0 spiro atoms. The third-order valence-electron chi connectivity index (χ3n) is 4.71. The molecular weight excluding hydrogens is 346 g/mol. The minimum absolute atomic E-state index is 0.0148. The molecule has 0 unspecified atom stereocenters. The molecule has 150 valence electrons. The summed E-state index contributed by atoms with van der Waals surface area (Å²) in [6.45, 7) is 7.37. The van der Waals surface area contributed by atoms with Crippen molar-refractivity contribution in [3.05, 3.63) is 29.8 Å². The molecule has 7 heteroatoms. The Labute approximate surface area is 161 Å². The van der Waals surface area contributed by atoms with Crippen molar-refractivity contribution in [3.63, 3.8) is 0 Å². The first kappa shape index (κ1) is 21.2. The zero-order valence-electron chi connectivity index (χ0n) is 16.4. The van der Waals surface area contributed by atoms with Crippen LogP contribution in [0.2, 0.25) is 0 Å². The second kappa shape index (κ2) is 11.6. The number of methoxy groups -OCH3 is 1. The number of hydrogen-bond donors (Lipinski definition) is 1. The summed E-state index contributed by atoms with van der Waals surface area (Å²) in [6.07, 6.45) is 1.05. The highest BCUT2D eigenvalue weighted by molar-refractivity contribution is 5.78. The Morgan fingerprint density at radius 2 is 2.04 bits per heavy atom. The third kappa shape index (κ3) is 7.97. The Bertz CT molecular complexity index is 603. The summed E-state index contributed by atoms with van der Waals surface area (Å²) in [6, 6.07) is 7.82. The van der Waals surface area contributed by atoms with Gasteiger partial charge in [-0.25, -0.2) is 0 Å². The highest BCUT2D eigenvalue weighted by Gasteiger charge is 2.13. The maximum absolute atomic E-state index is 12.1. The lowest BCUT2D eigenvalue weighted by molar-refractivity contribution is -0.129. The number of ether oxygens (including phenoxy) is 2. The molecule has 1 N–H and O–H groups in total. The molecule has 1 aromatic rings. The van der Waals surface area contributed by atoms with Crippen LogP contribution in [0.3, 0.4) is 0 Å². The Balaban J connectivity index is 1.68. The molecule has 1 heterocycles. The zero-order chi connectivity index (χ0) is 19.5. The van der Waals surface area contributed by atoms with Gasteiger partial charge < -0.3 is 19.7 Å². The van der Waals surface area contributed by atoms with E-state index >= 15 is 0 Å². The Kier molecular flexibility index (Phi) is 9.07. The molecule has 0 radical (unpaired) electrons. The Hall–Kier alpha value is -2.12. The molecular formula is C20H31N3O4. The van der Waals surface area contributed by atoms with Crippen molar-refractivity contribution in [3.8, 4) is 5.75 Å². The third-order valence-corrected chi connectivity index (χ3v) is 4.71. The second-order valence-electron chi connectivity index (χ2n) is 6.66. The molecule has 1 aromatic carbocycles.